The molecule has 0 spiro atoms. The Morgan fingerprint density at radius 2 is 1.73 bits per heavy atom. The predicted molar refractivity (Wildman–Crippen MR) is 77.8 cm³/mol. The third kappa shape index (κ3) is 3.63. The summed E-state index contributed by atoms with van der Waals surface area (Å²) in [5, 5.41) is 0. The zero-order chi connectivity index (χ0) is 16.5. The van der Waals surface area contributed by atoms with Gasteiger partial charge in [0.15, 0.2) is 0 Å². The lowest BCUT2D eigenvalue weighted by molar-refractivity contribution is -0.137. The fourth-order valence-electron chi connectivity index (χ4n) is 2.80. The molecule has 1 aromatic rings. The summed E-state index contributed by atoms with van der Waals surface area (Å²) in [6.07, 6.45) is -1.18. The molecule has 7 heteroatoms. The zero-order valence-corrected chi connectivity index (χ0v) is 13.4. The molecule has 0 amide bonds. The summed E-state index contributed by atoms with van der Waals surface area (Å²) in [6, 6.07) is 3.79. The molecule has 1 aliphatic rings. The van der Waals surface area contributed by atoms with Crippen LogP contribution >= 0.6 is 0 Å². The summed E-state index contributed by atoms with van der Waals surface area (Å²) in [5.74, 6) is 0.570. The monoisotopic (exact) mass is 335 g/mol. The third-order valence-electron chi connectivity index (χ3n) is 4.34. The molecule has 0 radical (unpaired) electrons. The van der Waals surface area contributed by atoms with Gasteiger partial charge in [-0.3, -0.25) is 0 Å². The van der Waals surface area contributed by atoms with E-state index in [1.807, 2.05) is 0 Å². The largest absolute Gasteiger partial charge is 0.416 e. The topological polar surface area (TPSA) is 37.4 Å². The van der Waals surface area contributed by atoms with Gasteiger partial charge in [-0.05, 0) is 49.8 Å². The fourth-order valence-corrected chi connectivity index (χ4v) is 4.26. The standard InChI is InChI=1S/C15H20F3NO2S/c1-11-6-8-13(9-7-11)19(2)22(20,21)14-5-3-4-12(10-14)15(16,17)18/h3-5,10-11,13H,6-9H2,1-2H3. The first-order valence-corrected chi connectivity index (χ1v) is 8.71. The van der Waals surface area contributed by atoms with Gasteiger partial charge in [-0.2, -0.15) is 17.5 Å². The molecule has 3 nitrogen and oxygen atoms in total. The second-order valence-electron chi connectivity index (χ2n) is 5.96. The molecule has 0 aliphatic heterocycles. The van der Waals surface area contributed by atoms with Crippen molar-refractivity contribution < 1.29 is 21.6 Å². The maximum absolute atomic E-state index is 12.7. The smallest absolute Gasteiger partial charge is 0.207 e. The molecule has 0 aromatic heterocycles. The van der Waals surface area contributed by atoms with E-state index in [0.29, 0.717) is 12.0 Å². The maximum Gasteiger partial charge on any atom is 0.416 e. The molecule has 2 rings (SSSR count). The van der Waals surface area contributed by atoms with Crippen molar-refractivity contribution in [2.24, 2.45) is 5.92 Å². The zero-order valence-electron chi connectivity index (χ0n) is 12.6. The molecule has 0 unspecified atom stereocenters. The number of halogens is 3. The van der Waals surface area contributed by atoms with E-state index in [9.17, 15) is 21.6 Å². The third-order valence-corrected chi connectivity index (χ3v) is 6.24. The Hall–Kier alpha value is -1.08. The van der Waals surface area contributed by atoms with Crippen molar-refractivity contribution in [3.05, 3.63) is 29.8 Å². The van der Waals surface area contributed by atoms with Crippen molar-refractivity contribution in [1.82, 2.24) is 4.31 Å². The van der Waals surface area contributed by atoms with Crippen molar-refractivity contribution in [3.8, 4) is 0 Å². The van der Waals surface area contributed by atoms with Crippen LogP contribution in [-0.4, -0.2) is 25.8 Å². The highest BCUT2D eigenvalue weighted by Gasteiger charge is 2.34. The summed E-state index contributed by atoms with van der Waals surface area (Å²) < 4.78 is 64.6. The van der Waals surface area contributed by atoms with Gasteiger partial charge in [-0.15, -0.1) is 0 Å². The number of nitrogens with zero attached hydrogens (tertiary/aromatic N) is 1. The van der Waals surface area contributed by atoms with Gasteiger partial charge in [0.2, 0.25) is 10.0 Å². The second-order valence-corrected chi connectivity index (χ2v) is 7.96. The van der Waals surface area contributed by atoms with Gasteiger partial charge < -0.3 is 0 Å². The first-order chi connectivity index (χ1) is 10.1. The van der Waals surface area contributed by atoms with E-state index in [-0.39, 0.29) is 10.9 Å². The lowest BCUT2D eigenvalue weighted by Gasteiger charge is -2.32. The highest BCUT2D eigenvalue weighted by Crippen LogP contribution is 2.33. The Balaban J connectivity index is 2.26. The Kier molecular flexibility index (Phi) is 4.87. The molecule has 0 heterocycles. The highest BCUT2D eigenvalue weighted by atomic mass is 32.2. The van der Waals surface area contributed by atoms with Crippen LogP contribution in [0.5, 0.6) is 0 Å². The van der Waals surface area contributed by atoms with E-state index >= 15 is 0 Å². The summed E-state index contributed by atoms with van der Waals surface area (Å²) in [7, 11) is -2.45. The first-order valence-electron chi connectivity index (χ1n) is 7.27. The molecule has 0 saturated heterocycles. The van der Waals surface area contributed by atoms with Crippen molar-refractivity contribution in [2.75, 3.05) is 7.05 Å². The lowest BCUT2D eigenvalue weighted by Crippen LogP contribution is -2.39. The van der Waals surface area contributed by atoms with Crippen molar-refractivity contribution in [3.63, 3.8) is 0 Å². The minimum atomic E-state index is -4.55. The minimum Gasteiger partial charge on any atom is -0.207 e. The van der Waals surface area contributed by atoms with E-state index in [0.717, 1.165) is 37.8 Å². The SMILES string of the molecule is CC1CCC(N(C)S(=O)(=O)c2cccc(C(F)(F)F)c2)CC1. The van der Waals surface area contributed by atoms with Crippen LogP contribution < -0.4 is 0 Å². The molecule has 1 fully saturated rings. The Labute approximate surface area is 129 Å². The van der Waals surface area contributed by atoms with Crippen molar-refractivity contribution in [2.45, 2.75) is 49.7 Å². The summed E-state index contributed by atoms with van der Waals surface area (Å²) >= 11 is 0. The number of benzene rings is 1. The van der Waals surface area contributed by atoms with Crippen molar-refractivity contribution in [1.29, 1.82) is 0 Å². The van der Waals surface area contributed by atoms with Crippen LogP contribution in [0.25, 0.3) is 0 Å². The normalized spacial score (nSPS) is 23.7. The average Bonchev–Trinajstić information content (AvgIpc) is 2.46. The van der Waals surface area contributed by atoms with Gasteiger partial charge in [0.1, 0.15) is 0 Å². The van der Waals surface area contributed by atoms with Crippen LogP contribution in [0.15, 0.2) is 29.2 Å². The lowest BCUT2D eigenvalue weighted by atomic mass is 9.87. The molecule has 1 aromatic carbocycles. The van der Waals surface area contributed by atoms with Gasteiger partial charge in [-0.25, -0.2) is 8.42 Å². The average molecular weight is 335 g/mol. The predicted octanol–water partition coefficient (Wildman–Crippen LogP) is 3.90. The molecule has 0 bridgehead atoms. The van der Waals surface area contributed by atoms with Gasteiger partial charge in [0, 0.05) is 13.1 Å². The van der Waals surface area contributed by atoms with Crippen LogP contribution in [0.1, 0.15) is 38.2 Å². The van der Waals surface area contributed by atoms with E-state index < -0.39 is 21.8 Å². The molecule has 124 valence electrons. The molecule has 0 atom stereocenters. The van der Waals surface area contributed by atoms with Crippen LogP contribution in [0, 0.1) is 5.92 Å². The number of rotatable bonds is 3. The van der Waals surface area contributed by atoms with E-state index in [4.69, 9.17) is 0 Å². The van der Waals surface area contributed by atoms with Crippen LogP contribution in [0.2, 0.25) is 0 Å². The van der Waals surface area contributed by atoms with Crippen LogP contribution in [-0.2, 0) is 16.2 Å². The maximum atomic E-state index is 12.7. The highest BCUT2D eigenvalue weighted by molar-refractivity contribution is 7.89. The number of hydrogen-bond donors (Lipinski definition) is 0. The number of hydrogen-bond acceptors (Lipinski definition) is 2. The quantitative estimate of drug-likeness (QED) is 0.840. The fraction of sp³-hybridized carbons (Fsp3) is 0.600. The second kappa shape index (κ2) is 6.20. The van der Waals surface area contributed by atoms with E-state index in [1.165, 1.54) is 17.4 Å². The number of alkyl halides is 3. The van der Waals surface area contributed by atoms with E-state index in [2.05, 4.69) is 6.92 Å². The molecule has 0 N–H and O–H groups in total. The minimum absolute atomic E-state index is 0.143. The molecular formula is C15H20F3NO2S. The van der Waals surface area contributed by atoms with Gasteiger partial charge in [-0.1, -0.05) is 13.0 Å². The molecule has 1 aliphatic carbocycles. The Bertz CT molecular complexity index is 620. The number of sulfonamides is 1. The molecule has 1 saturated carbocycles. The summed E-state index contributed by atoms with van der Waals surface area (Å²) in [6.45, 7) is 2.12. The van der Waals surface area contributed by atoms with Gasteiger partial charge in [0.05, 0.1) is 10.5 Å². The van der Waals surface area contributed by atoms with Crippen LogP contribution in [0.3, 0.4) is 0 Å². The Morgan fingerprint density at radius 1 is 1.14 bits per heavy atom. The van der Waals surface area contributed by atoms with Crippen molar-refractivity contribution >= 4 is 10.0 Å². The van der Waals surface area contributed by atoms with E-state index in [1.54, 1.807) is 0 Å². The Morgan fingerprint density at radius 3 is 2.27 bits per heavy atom. The summed E-state index contributed by atoms with van der Waals surface area (Å²) in [5.41, 5.74) is -0.945. The molecule has 22 heavy (non-hydrogen) atoms. The molecular weight excluding hydrogens is 315 g/mol. The summed E-state index contributed by atoms with van der Waals surface area (Å²) in [4.78, 5) is -0.302. The van der Waals surface area contributed by atoms with Gasteiger partial charge in [0.25, 0.3) is 0 Å². The van der Waals surface area contributed by atoms with Gasteiger partial charge >= 0.3 is 6.18 Å². The first kappa shape index (κ1) is 17.3. The van der Waals surface area contributed by atoms with Crippen LogP contribution in [0.4, 0.5) is 13.2 Å².